The van der Waals surface area contributed by atoms with Crippen molar-refractivity contribution >= 4 is 34.6 Å². The van der Waals surface area contributed by atoms with E-state index < -0.39 is 0 Å². The van der Waals surface area contributed by atoms with Crippen LogP contribution in [0.1, 0.15) is 47.9 Å². The Morgan fingerprint density at radius 3 is 2.50 bits per heavy atom. The molecule has 0 saturated carbocycles. The van der Waals surface area contributed by atoms with E-state index in [1.165, 1.54) is 5.56 Å². The summed E-state index contributed by atoms with van der Waals surface area (Å²) in [6, 6.07) is 24.4. The molecule has 36 heavy (non-hydrogen) atoms. The van der Waals surface area contributed by atoms with Crippen LogP contribution in [0, 0.1) is 13.8 Å². The van der Waals surface area contributed by atoms with Crippen LogP contribution in [0.3, 0.4) is 0 Å². The van der Waals surface area contributed by atoms with E-state index in [0.717, 1.165) is 34.0 Å². The van der Waals surface area contributed by atoms with Crippen molar-refractivity contribution in [3.05, 3.63) is 108 Å². The summed E-state index contributed by atoms with van der Waals surface area (Å²) in [5.41, 5.74) is 7.08. The van der Waals surface area contributed by atoms with Crippen molar-refractivity contribution in [1.29, 1.82) is 0 Å². The molecule has 0 spiro atoms. The lowest BCUT2D eigenvalue weighted by Gasteiger charge is -2.29. The zero-order chi connectivity index (χ0) is 25.2. The number of benzene rings is 2. The van der Waals surface area contributed by atoms with Gasteiger partial charge >= 0.3 is 0 Å². The van der Waals surface area contributed by atoms with E-state index in [1.54, 1.807) is 0 Å². The predicted molar refractivity (Wildman–Crippen MR) is 149 cm³/mol. The number of anilines is 2. The molecule has 0 radical (unpaired) electrons. The van der Waals surface area contributed by atoms with Gasteiger partial charge in [0.2, 0.25) is 5.91 Å². The molecule has 1 amide bonds. The van der Waals surface area contributed by atoms with E-state index >= 15 is 0 Å². The first-order valence-corrected chi connectivity index (χ1v) is 12.5. The highest BCUT2D eigenvalue weighted by atomic mass is 32.1. The Bertz CT molecular complexity index is 1400. The van der Waals surface area contributed by atoms with Gasteiger partial charge in [0, 0.05) is 41.6 Å². The van der Waals surface area contributed by atoms with Crippen molar-refractivity contribution in [3.63, 3.8) is 0 Å². The van der Waals surface area contributed by atoms with Crippen LogP contribution in [0.4, 0.5) is 11.4 Å². The van der Waals surface area contributed by atoms with E-state index in [-0.39, 0.29) is 18.0 Å². The molecule has 1 fully saturated rings. The molecule has 1 saturated heterocycles. The smallest absolute Gasteiger partial charge is 0.224 e. The lowest BCUT2D eigenvalue weighted by molar-refractivity contribution is -0.115. The van der Waals surface area contributed by atoms with Crippen LogP contribution in [-0.4, -0.2) is 20.6 Å². The number of pyridine rings is 1. The van der Waals surface area contributed by atoms with Gasteiger partial charge in [0.05, 0.1) is 11.7 Å². The normalized spacial score (nSPS) is 17.2. The van der Waals surface area contributed by atoms with Gasteiger partial charge in [0.15, 0.2) is 5.11 Å². The fraction of sp³-hybridized carbons (Fsp3) is 0.207. The van der Waals surface area contributed by atoms with Crippen LogP contribution < -0.4 is 15.5 Å². The summed E-state index contributed by atoms with van der Waals surface area (Å²) in [6.45, 7) is 5.94. The number of carbonyl (C=O) groups excluding carboxylic acids is 1. The first kappa shape index (κ1) is 23.8. The number of nitrogens with zero attached hydrogens (tertiary/aromatic N) is 3. The summed E-state index contributed by atoms with van der Waals surface area (Å²) in [5, 5.41) is 7.15. The third-order valence-corrected chi connectivity index (χ3v) is 6.89. The summed E-state index contributed by atoms with van der Waals surface area (Å²) in [6.07, 6.45) is 4.34. The standard InChI is InChI=1S/C29H29N5OS/c1-4-26(35)31-23-15-14-22(18-20(23)3)34-28(27(32-29(34)36)24-8-5-6-16-30-24)25-9-7-17-33(25)21-12-10-19(2)11-13-21/h5-18,27-28H,4H2,1-3H3,(H,31,35)(H,32,36)/t27-,28-/m0/s1. The quantitative estimate of drug-likeness (QED) is 0.321. The number of nitrogens with one attached hydrogen (secondary N) is 2. The van der Waals surface area contributed by atoms with E-state index in [9.17, 15) is 4.79 Å². The average molecular weight is 496 g/mol. The fourth-order valence-corrected chi connectivity index (χ4v) is 5.03. The van der Waals surface area contributed by atoms with Crippen LogP contribution in [-0.2, 0) is 4.79 Å². The van der Waals surface area contributed by atoms with Crippen molar-refractivity contribution < 1.29 is 4.79 Å². The number of aryl methyl sites for hydroxylation is 2. The third kappa shape index (κ3) is 4.50. The van der Waals surface area contributed by atoms with Gasteiger partial charge in [0.1, 0.15) is 6.04 Å². The highest BCUT2D eigenvalue weighted by Gasteiger charge is 2.42. The number of rotatable bonds is 6. The minimum absolute atomic E-state index is 0.00627. The molecule has 0 unspecified atom stereocenters. The van der Waals surface area contributed by atoms with E-state index in [2.05, 4.69) is 80.7 Å². The van der Waals surface area contributed by atoms with Crippen LogP contribution in [0.25, 0.3) is 5.69 Å². The minimum Gasteiger partial charge on any atom is -0.351 e. The van der Waals surface area contributed by atoms with Crippen molar-refractivity contribution in [2.24, 2.45) is 0 Å². The lowest BCUT2D eigenvalue weighted by atomic mass is 10.00. The molecule has 7 heteroatoms. The van der Waals surface area contributed by atoms with Crippen molar-refractivity contribution in [2.75, 3.05) is 10.2 Å². The van der Waals surface area contributed by atoms with Gasteiger partial charge in [-0.3, -0.25) is 9.78 Å². The van der Waals surface area contributed by atoms with E-state index in [4.69, 9.17) is 12.2 Å². The summed E-state index contributed by atoms with van der Waals surface area (Å²) in [4.78, 5) is 18.8. The third-order valence-electron chi connectivity index (χ3n) is 6.58. The monoisotopic (exact) mass is 495 g/mol. The zero-order valence-electron chi connectivity index (χ0n) is 20.6. The summed E-state index contributed by atoms with van der Waals surface area (Å²) in [7, 11) is 0. The van der Waals surface area contributed by atoms with Crippen molar-refractivity contribution in [1.82, 2.24) is 14.9 Å². The molecule has 2 N–H and O–H groups in total. The molecular weight excluding hydrogens is 466 g/mol. The summed E-state index contributed by atoms with van der Waals surface area (Å²) >= 11 is 5.90. The molecule has 0 aliphatic carbocycles. The molecule has 2 aromatic heterocycles. The minimum atomic E-state index is -0.141. The topological polar surface area (TPSA) is 62.2 Å². The number of aromatic nitrogens is 2. The Labute approximate surface area is 217 Å². The molecule has 1 aliphatic rings. The molecule has 2 atom stereocenters. The molecule has 6 nitrogen and oxygen atoms in total. The maximum Gasteiger partial charge on any atom is 0.224 e. The molecular formula is C29H29N5OS. The summed E-state index contributed by atoms with van der Waals surface area (Å²) < 4.78 is 2.21. The maximum atomic E-state index is 12.0. The predicted octanol–water partition coefficient (Wildman–Crippen LogP) is 6.01. The van der Waals surface area contributed by atoms with Gasteiger partial charge in [-0.05, 0) is 86.2 Å². The average Bonchev–Trinajstić information content (AvgIpc) is 3.50. The second kappa shape index (κ2) is 9.95. The van der Waals surface area contributed by atoms with Gasteiger partial charge in [-0.25, -0.2) is 0 Å². The second-order valence-corrected chi connectivity index (χ2v) is 9.42. The first-order chi connectivity index (χ1) is 17.5. The Balaban J connectivity index is 1.61. The van der Waals surface area contributed by atoms with Gasteiger partial charge in [0.25, 0.3) is 0 Å². The van der Waals surface area contributed by atoms with Gasteiger partial charge in [-0.15, -0.1) is 0 Å². The van der Waals surface area contributed by atoms with Crippen LogP contribution >= 0.6 is 12.2 Å². The number of amides is 1. The SMILES string of the molecule is CCC(=O)Nc1ccc(N2C(=S)N[C@@H](c3ccccn3)[C@@H]2c2cccn2-c2ccc(C)cc2)cc1C. The lowest BCUT2D eigenvalue weighted by Crippen LogP contribution is -2.30. The largest absolute Gasteiger partial charge is 0.351 e. The molecule has 4 aromatic rings. The van der Waals surface area contributed by atoms with Gasteiger partial charge in [-0.2, -0.15) is 0 Å². The molecule has 182 valence electrons. The number of carbonyl (C=O) groups is 1. The molecule has 5 rings (SSSR count). The molecule has 0 bridgehead atoms. The van der Waals surface area contributed by atoms with Crippen LogP contribution in [0.2, 0.25) is 0 Å². The van der Waals surface area contributed by atoms with Gasteiger partial charge < -0.3 is 20.1 Å². The number of hydrogen-bond acceptors (Lipinski definition) is 3. The number of hydrogen-bond donors (Lipinski definition) is 2. The van der Waals surface area contributed by atoms with E-state index in [0.29, 0.717) is 11.5 Å². The molecule has 2 aromatic carbocycles. The number of thiocarbonyl (C=S) groups is 1. The van der Waals surface area contributed by atoms with Crippen molar-refractivity contribution in [3.8, 4) is 5.69 Å². The Kier molecular flexibility index (Phi) is 6.57. The van der Waals surface area contributed by atoms with Crippen molar-refractivity contribution in [2.45, 2.75) is 39.3 Å². The molecule has 3 heterocycles. The highest BCUT2D eigenvalue weighted by molar-refractivity contribution is 7.80. The Morgan fingerprint density at radius 1 is 1.03 bits per heavy atom. The second-order valence-electron chi connectivity index (χ2n) is 9.04. The fourth-order valence-electron chi connectivity index (χ4n) is 4.69. The highest BCUT2D eigenvalue weighted by Crippen LogP contribution is 2.42. The Morgan fingerprint density at radius 2 is 1.81 bits per heavy atom. The van der Waals surface area contributed by atoms with Gasteiger partial charge in [-0.1, -0.05) is 30.7 Å². The zero-order valence-corrected chi connectivity index (χ0v) is 21.4. The molecule has 1 aliphatic heterocycles. The first-order valence-electron chi connectivity index (χ1n) is 12.1. The maximum absolute atomic E-state index is 12.0. The van der Waals surface area contributed by atoms with E-state index in [1.807, 2.05) is 50.4 Å². The van der Waals surface area contributed by atoms with Crippen LogP contribution in [0.5, 0.6) is 0 Å². The van der Waals surface area contributed by atoms with Crippen LogP contribution in [0.15, 0.2) is 85.2 Å². The summed E-state index contributed by atoms with van der Waals surface area (Å²) in [5.74, 6) is -0.00627. The Hall–Kier alpha value is -3.97.